The van der Waals surface area contributed by atoms with E-state index < -0.39 is 0 Å². The van der Waals surface area contributed by atoms with Gasteiger partial charge in [0.05, 0.1) is 6.04 Å². The van der Waals surface area contributed by atoms with Gasteiger partial charge in [0.1, 0.15) is 0 Å². The van der Waals surface area contributed by atoms with Crippen LogP contribution in [0, 0.1) is 11.3 Å². The van der Waals surface area contributed by atoms with Gasteiger partial charge in [-0.15, -0.1) is 0 Å². The second kappa shape index (κ2) is 6.38. The molecule has 2 aliphatic rings. The fraction of sp³-hybridized carbons (Fsp3) is 0.800. The van der Waals surface area contributed by atoms with Gasteiger partial charge in [-0.25, -0.2) is 0 Å². The molecule has 0 bridgehead atoms. The Morgan fingerprint density at radius 2 is 1.81 bits per heavy atom. The summed E-state index contributed by atoms with van der Waals surface area (Å²) in [5.74, 6) is 0.831. The third kappa shape index (κ3) is 3.99. The van der Waals surface area contributed by atoms with Crippen LogP contribution in [0.4, 0.5) is 0 Å². The van der Waals surface area contributed by atoms with Crippen LogP contribution in [0.5, 0.6) is 0 Å². The van der Waals surface area contributed by atoms with Crippen molar-refractivity contribution in [1.82, 2.24) is 10.2 Å². The standard InChI is InChI=1S/C15H24N2O3S/c1-15(2,3)14(20)17-7-4-10(5-8-17)12(18)16-11-6-9-21-13(11)19/h10-11H,4-9H2,1-3H3,(H,16,18). The number of amides is 2. The number of carbonyl (C=O) groups is 3. The summed E-state index contributed by atoms with van der Waals surface area (Å²) in [5, 5.41) is 2.93. The molecular formula is C15H24N2O3S. The normalized spacial score (nSPS) is 24.2. The molecule has 118 valence electrons. The van der Waals surface area contributed by atoms with Gasteiger partial charge in [0.25, 0.3) is 0 Å². The van der Waals surface area contributed by atoms with Gasteiger partial charge in [0.2, 0.25) is 16.9 Å². The Bertz CT molecular complexity index is 437. The summed E-state index contributed by atoms with van der Waals surface area (Å²) in [6.07, 6.45) is 2.10. The van der Waals surface area contributed by atoms with Crippen LogP contribution in [0.25, 0.3) is 0 Å². The van der Waals surface area contributed by atoms with Gasteiger partial charge >= 0.3 is 0 Å². The van der Waals surface area contributed by atoms with Gasteiger partial charge in [-0.1, -0.05) is 32.5 Å². The van der Waals surface area contributed by atoms with Gasteiger partial charge in [-0.2, -0.15) is 0 Å². The fourth-order valence-electron chi connectivity index (χ4n) is 2.74. The molecule has 2 fully saturated rings. The van der Waals surface area contributed by atoms with Crippen LogP contribution in [0.15, 0.2) is 0 Å². The average molecular weight is 312 g/mol. The Morgan fingerprint density at radius 3 is 2.29 bits per heavy atom. The van der Waals surface area contributed by atoms with Crippen molar-refractivity contribution >= 4 is 28.7 Å². The molecule has 2 saturated heterocycles. The number of rotatable bonds is 2. The summed E-state index contributed by atoms with van der Waals surface area (Å²) in [4.78, 5) is 37.8. The molecule has 0 radical (unpaired) electrons. The van der Waals surface area contributed by atoms with E-state index in [1.807, 2.05) is 25.7 Å². The molecule has 2 amide bonds. The van der Waals surface area contributed by atoms with Crippen molar-refractivity contribution in [3.8, 4) is 0 Å². The summed E-state index contributed by atoms with van der Waals surface area (Å²) < 4.78 is 0. The van der Waals surface area contributed by atoms with Crippen molar-refractivity contribution < 1.29 is 14.4 Å². The SMILES string of the molecule is CC(C)(C)C(=O)N1CCC(C(=O)NC2CCSC2=O)CC1. The van der Waals surface area contributed by atoms with Crippen molar-refractivity contribution in [2.24, 2.45) is 11.3 Å². The van der Waals surface area contributed by atoms with Crippen LogP contribution in [0.3, 0.4) is 0 Å². The molecule has 0 aromatic heterocycles. The molecule has 5 nitrogen and oxygen atoms in total. The number of piperidine rings is 1. The Balaban J connectivity index is 1.82. The number of carbonyl (C=O) groups excluding carboxylic acids is 3. The average Bonchev–Trinajstić information content (AvgIpc) is 2.82. The molecule has 6 heteroatoms. The van der Waals surface area contributed by atoms with E-state index in [1.165, 1.54) is 11.8 Å². The molecule has 0 aromatic carbocycles. The van der Waals surface area contributed by atoms with Crippen LogP contribution in [0.1, 0.15) is 40.0 Å². The summed E-state index contributed by atoms with van der Waals surface area (Å²) >= 11 is 1.29. The minimum absolute atomic E-state index is 0.0290. The van der Waals surface area contributed by atoms with Gasteiger partial charge in [-0.3, -0.25) is 14.4 Å². The monoisotopic (exact) mass is 312 g/mol. The smallest absolute Gasteiger partial charge is 0.227 e. The number of likely N-dealkylation sites (tertiary alicyclic amines) is 1. The minimum Gasteiger partial charge on any atom is -0.345 e. The minimum atomic E-state index is -0.372. The van der Waals surface area contributed by atoms with Crippen LogP contribution >= 0.6 is 11.8 Å². The van der Waals surface area contributed by atoms with Crippen molar-refractivity contribution in [1.29, 1.82) is 0 Å². The maximum Gasteiger partial charge on any atom is 0.227 e. The van der Waals surface area contributed by atoms with Crippen molar-refractivity contribution in [3.63, 3.8) is 0 Å². The Labute approximate surface area is 130 Å². The number of nitrogens with zero attached hydrogens (tertiary/aromatic N) is 1. The highest BCUT2D eigenvalue weighted by molar-refractivity contribution is 8.14. The highest BCUT2D eigenvalue weighted by atomic mass is 32.2. The zero-order valence-electron chi connectivity index (χ0n) is 13.0. The highest BCUT2D eigenvalue weighted by Gasteiger charge is 2.34. The van der Waals surface area contributed by atoms with E-state index in [-0.39, 0.29) is 34.3 Å². The lowest BCUT2D eigenvalue weighted by atomic mass is 9.90. The molecule has 1 unspecified atom stereocenters. The van der Waals surface area contributed by atoms with Crippen LogP contribution < -0.4 is 5.32 Å². The van der Waals surface area contributed by atoms with E-state index in [1.54, 1.807) is 0 Å². The second-order valence-corrected chi connectivity index (χ2v) is 7.93. The molecule has 21 heavy (non-hydrogen) atoms. The van der Waals surface area contributed by atoms with Crippen LogP contribution in [0.2, 0.25) is 0 Å². The molecule has 0 aliphatic carbocycles. The lowest BCUT2D eigenvalue weighted by Gasteiger charge is -2.35. The van der Waals surface area contributed by atoms with E-state index in [4.69, 9.17) is 0 Å². The quantitative estimate of drug-likeness (QED) is 0.837. The summed E-state index contributed by atoms with van der Waals surface area (Å²) in [6, 6.07) is -0.309. The van der Waals surface area contributed by atoms with E-state index >= 15 is 0 Å². The molecule has 1 N–H and O–H groups in total. The maximum atomic E-state index is 12.2. The first-order valence-electron chi connectivity index (χ1n) is 7.55. The first-order valence-corrected chi connectivity index (χ1v) is 8.54. The number of hydrogen-bond donors (Lipinski definition) is 1. The zero-order chi connectivity index (χ0) is 15.6. The number of thioether (sulfide) groups is 1. The highest BCUT2D eigenvalue weighted by Crippen LogP contribution is 2.25. The lowest BCUT2D eigenvalue weighted by Crippen LogP contribution is -2.48. The third-order valence-corrected chi connectivity index (χ3v) is 5.06. The molecule has 0 aromatic rings. The molecule has 2 heterocycles. The summed E-state index contributed by atoms with van der Waals surface area (Å²) in [7, 11) is 0. The molecule has 0 spiro atoms. The van der Waals surface area contributed by atoms with Gasteiger partial charge in [0.15, 0.2) is 0 Å². The topological polar surface area (TPSA) is 66.5 Å². The first kappa shape index (κ1) is 16.3. The third-order valence-electron chi connectivity index (χ3n) is 4.05. The molecular weight excluding hydrogens is 288 g/mol. The van der Waals surface area contributed by atoms with E-state index in [9.17, 15) is 14.4 Å². The zero-order valence-corrected chi connectivity index (χ0v) is 13.8. The number of nitrogens with one attached hydrogen (secondary N) is 1. The van der Waals surface area contributed by atoms with Crippen molar-refractivity contribution in [2.75, 3.05) is 18.8 Å². The van der Waals surface area contributed by atoms with Gasteiger partial charge in [0, 0.05) is 30.2 Å². The predicted molar refractivity (Wildman–Crippen MR) is 82.8 cm³/mol. The Hall–Kier alpha value is -1.04. The largest absolute Gasteiger partial charge is 0.345 e. The Kier molecular flexibility index (Phi) is 4.96. The summed E-state index contributed by atoms with van der Waals surface area (Å²) in [6.45, 7) is 7.00. The van der Waals surface area contributed by atoms with Crippen LogP contribution in [-0.2, 0) is 14.4 Å². The Morgan fingerprint density at radius 1 is 1.19 bits per heavy atom. The van der Waals surface area contributed by atoms with E-state index in [0.717, 1.165) is 12.2 Å². The van der Waals surface area contributed by atoms with Gasteiger partial charge in [-0.05, 0) is 19.3 Å². The van der Waals surface area contributed by atoms with Crippen molar-refractivity contribution in [3.05, 3.63) is 0 Å². The van der Waals surface area contributed by atoms with Crippen molar-refractivity contribution in [2.45, 2.75) is 46.1 Å². The molecule has 2 aliphatic heterocycles. The van der Waals surface area contributed by atoms with Gasteiger partial charge < -0.3 is 10.2 Å². The van der Waals surface area contributed by atoms with E-state index in [0.29, 0.717) is 25.9 Å². The number of hydrogen-bond acceptors (Lipinski definition) is 4. The second-order valence-electron chi connectivity index (χ2n) is 6.83. The fourth-order valence-corrected chi connectivity index (χ4v) is 3.67. The summed E-state index contributed by atoms with van der Waals surface area (Å²) in [5.41, 5.74) is -0.372. The molecule has 1 atom stereocenters. The predicted octanol–water partition coefficient (Wildman–Crippen LogP) is 1.42. The maximum absolute atomic E-state index is 12.2. The lowest BCUT2D eigenvalue weighted by molar-refractivity contribution is -0.142. The van der Waals surface area contributed by atoms with E-state index in [2.05, 4.69) is 5.32 Å². The molecule has 0 saturated carbocycles. The first-order chi connectivity index (χ1) is 9.79. The molecule has 2 rings (SSSR count). The van der Waals surface area contributed by atoms with Crippen LogP contribution in [-0.4, -0.2) is 46.7 Å².